The number of hydrogen-bond acceptors (Lipinski definition) is 3. The van der Waals surface area contributed by atoms with Crippen LogP contribution in [0.1, 0.15) is 38.8 Å². The summed E-state index contributed by atoms with van der Waals surface area (Å²) in [5.41, 5.74) is 1.54. The van der Waals surface area contributed by atoms with Crippen molar-refractivity contribution in [3.63, 3.8) is 0 Å². The van der Waals surface area contributed by atoms with Gasteiger partial charge in [0, 0.05) is 23.5 Å². The highest BCUT2D eigenvalue weighted by Crippen LogP contribution is 2.26. The van der Waals surface area contributed by atoms with Gasteiger partial charge in [-0.3, -0.25) is 4.79 Å². The van der Waals surface area contributed by atoms with Crippen molar-refractivity contribution in [2.75, 3.05) is 6.54 Å². The molecule has 1 aliphatic rings. The Bertz CT molecular complexity index is 713. The summed E-state index contributed by atoms with van der Waals surface area (Å²) in [5.74, 6) is 0.366. The zero-order chi connectivity index (χ0) is 17.1. The van der Waals surface area contributed by atoms with Gasteiger partial charge in [0.05, 0.1) is 12.1 Å². The molecule has 1 aromatic carbocycles. The van der Waals surface area contributed by atoms with Crippen LogP contribution < -0.4 is 0 Å². The summed E-state index contributed by atoms with van der Waals surface area (Å²) in [6, 6.07) is 6.76. The molecule has 0 aliphatic carbocycles. The van der Waals surface area contributed by atoms with Crippen molar-refractivity contribution in [3.8, 4) is 10.6 Å². The Morgan fingerprint density at radius 3 is 3.00 bits per heavy atom. The molecule has 0 bridgehead atoms. The lowest BCUT2D eigenvalue weighted by Crippen LogP contribution is -2.47. The molecule has 1 fully saturated rings. The van der Waals surface area contributed by atoms with Gasteiger partial charge in [-0.1, -0.05) is 26.0 Å². The molecule has 0 spiro atoms. The van der Waals surface area contributed by atoms with Crippen LogP contribution in [-0.4, -0.2) is 28.4 Å². The van der Waals surface area contributed by atoms with Crippen LogP contribution in [0.15, 0.2) is 29.6 Å². The van der Waals surface area contributed by atoms with Crippen molar-refractivity contribution >= 4 is 17.2 Å². The zero-order valence-electron chi connectivity index (χ0n) is 14.2. The molecule has 1 saturated heterocycles. The van der Waals surface area contributed by atoms with Crippen LogP contribution in [0.5, 0.6) is 0 Å². The van der Waals surface area contributed by atoms with Crippen LogP contribution >= 0.6 is 11.3 Å². The van der Waals surface area contributed by atoms with E-state index in [9.17, 15) is 9.18 Å². The van der Waals surface area contributed by atoms with Gasteiger partial charge in [-0.05, 0) is 37.3 Å². The van der Waals surface area contributed by atoms with Gasteiger partial charge in [0.25, 0.3) is 0 Å². The van der Waals surface area contributed by atoms with E-state index < -0.39 is 0 Å². The highest BCUT2D eigenvalue weighted by atomic mass is 32.1. The average molecular weight is 346 g/mol. The Balaban J connectivity index is 1.71. The second-order valence-corrected chi connectivity index (χ2v) is 7.58. The Morgan fingerprint density at radius 2 is 2.25 bits per heavy atom. The molecule has 0 saturated carbocycles. The summed E-state index contributed by atoms with van der Waals surface area (Å²) in [5, 5.41) is 2.67. The zero-order valence-corrected chi connectivity index (χ0v) is 15.0. The molecule has 3 nitrogen and oxygen atoms in total. The monoisotopic (exact) mass is 346 g/mol. The van der Waals surface area contributed by atoms with E-state index >= 15 is 0 Å². The van der Waals surface area contributed by atoms with Crippen LogP contribution in [0.3, 0.4) is 0 Å². The number of carbonyl (C=O) groups is 1. The van der Waals surface area contributed by atoms with Crippen LogP contribution in [-0.2, 0) is 11.2 Å². The normalized spacial score (nSPS) is 18.2. The first kappa shape index (κ1) is 17.1. The topological polar surface area (TPSA) is 33.2 Å². The number of carbonyl (C=O) groups excluding carboxylic acids is 1. The van der Waals surface area contributed by atoms with Gasteiger partial charge >= 0.3 is 0 Å². The minimum Gasteiger partial charge on any atom is -0.339 e. The summed E-state index contributed by atoms with van der Waals surface area (Å²) in [7, 11) is 0. The van der Waals surface area contributed by atoms with Gasteiger partial charge in [0.15, 0.2) is 0 Å². The number of benzene rings is 1. The lowest BCUT2D eigenvalue weighted by molar-refractivity contribution is -0.135. The molecule has 0 radical (unpaired) electrons. The Hall–Kier alpha value is -1.75. The van der Waals surface area contributed by atoms with Crippen molar-refractivity contribution in [1.29, 1.82) is 0 Å². The van der Waals surface area contributed by atoms with Crippen LogP contribution in [0.2, 0.25) is 0 Å². The fraction of sp³-hybridized carbons (Fsp3) is 0.474. The number of piperidine rings is 1. The average Bonchev–Trinajstić information content (AvgIpc) is 3.03. The molecule has 0 N–H and O–H groups in total. The maximum absolute atomic E-state index is 13.3. The van der Waals surface area contributed by atoms with E-state index in [0.29, 0.717) is 18.4 Å². The molecular formula is C19H23FN2OS. The molecule has 2 heterocycles. The van der Waals surface area contributed by atoms with E-state index in [1.54, 1.807) is 6.07 Å². The van der Waals surface area contributed by atoms with Crippen LogP contribution in [0, 0.1) is 11.7 Å². The van der Waals surface area contributed by atoms with Crippen molar-refractivity contribution in [2.45, 2.75) is 45.6 Å². The lowest BCUT2D eigenvalue weighted by Gasteiger charge is -2.38. The third-order valence-corrected chi connectivity index (χ3v) is 5.53. The number of nitrogens with zero attached hydrogens (tertiary/aromatic N) is 2. The van der Waals surface area contributed by atoms with E-state index in [-0.39, 0.29) is 11.7 Å². The van der Waals surface area contributed by atoms with Crippen LogP contribution in [0.4, 0.5) is 4.39 Å². The predicted molar refractivity (Wildman–Crippen MR) is 95.4 cm³/mol. The Kier molecular flexibility index (Phi) is 5.29. The molecule has 5 heteroatoms. The first-order chi connectivity index (χ1) is 11.5. The van der Waals surface area contributed by atoms with Crippen molar-refractivity contribution < 1.29 is 9.18 Å². The molecule has 1 aromatic heterocycles. The third-order valence-electron chi connectivity index (χ3n) is 4.59. The van der Waals surface area contributed by atoms with Gasteiger partial charge in [0.2, 0.25) is 5.91 Å². The van der Waals surface area contributed by atoms with Crippen LogP contribution in [0.25, 0.3) is 10.6 Å². The Morgan fingerprint density at radius 1 is 1.42 bits per heavy atom. The van der Waals surface area contributed by atoms with Gasteiger partial charge in [-0.2, -0.15) is 0 Å². The lowest BCUT2D eigenvalue weighted by atomic mass is 9.92. The molecule has 1 atom stereocenters. The van der Waals surface area contributed by atoms with Gasteiger partial charge < -0.3 is 4.90 Å². The highest BCUT2D eigenvalue weighted by molar-refractivity contribution is 7.13. The van der Waals surface area contributed by atoms with E-state index in [0.717, 1.165) is 35.7 Å². The molecule has 128 valence electrons. The van der Waals surface area contributed by atoms with Gasteiger partial charge in [0.1, 0.15) is 10.8 Å². The fourth-order valence-corrected chi connectivity index (χ4v) is 4.18. The molecule has 1 amide bonds. The van der Waals surface area contributed by atoms with E-state index in [1.807, 2.05) is 16.3 Å². The number of likely N-dealkylation sites (tertiary alicyclic amines) is 1. The quantitative estimate of drug-likeness (QED) is 0.815. The summed E-state index contributed by atoms with van der Waals surface area (Å²) in [6.45, 7) is 5.21. The molecule has 3 rings (SSSR count). The number of halogens is 1. The Labute approximate surface area is 146 Å². The maximum Gasteiger partial charge on any atom is 0.228 e. The smallest absolute Gasteiger partial charge is 0.228 e. The summed E-state index contributed by atoms with van der Waals surface area (Å²) < 4.78 is 13.3. The standard InChI is InChI=1S/C19H23FN2OS/c1-13(2)17-8-3-4-9-22(17)18(23)11-16-12-24-19(21-16)14-6-5-7-15(20)10-14/h5-7,10,12-13,17H,3-4,8-9,11H2,1-2H3. The summed E-state index contributed by atoms with van der Waals surface area (Å²) >= 11 is 1.46. The molecular weight excluding hydrogens is 323 g/mol. The molecule has 1 aliphatic heterocycles. The number of amides is 1. The van der Waals surface area contributed by atoms with Crippen molar-refractivity contribution in [1.82, 2.24) is 9.88 Å². The largest absolute Gasteiger partial charge is 0.339 e. The summed E-state index contributed by atoms with van der Waals surface area (Å²) in [4.78, 5) is 19.3. The number of aromatic nitrogens is 1. The predicted octanol–water partition coefficient (Wildman–Crippen LogP) is 4.53. The molecule has 2 aromatic rings. The van der Waals surface area contributed by atoms with Gasteiger partial charge in [-0.15, -0.1) is 11.3 Å². The van der Waals surface area contributed by atoms with Crippen molar-refractivity contribution in [3.05, 3.63) is 41.2 Å². The van der Waals surface area contributed by atoms with Crippen molar-refractivity contribution in [2.24, 2.45) is 5.92 Å². The first-order valence-corrected chi connectivity index (χ1v) is 9.42. The number of hydrogen-bond donors (Lipinski definition) is 0. The number of thiazole rings is 1. The third kappa shape index (κ3) is 3.83. The molecule has 1 unspecified atom stereocenters. The molecule has 24 heavy (non-hydrogen) atoms. The van der Waals surface area contributed by atoms with E-state index in [2.05, 4.69) is 18.8 Å². The minimum atomic E-state index is -0.270. The van der Waals surface area contributed by atoms with E-state index in [1.165, 1.54) is 29.9 Å². The maximum atomic E-state index is 13.3. The SMILES string of the molecule is CC(C)C1CCCCN1C(=O)Cc1csc(-c2cccc(F)c2)n1. The second kappa shape index (κ2) is 7.43. The number of rotatable bonds is 4. The summed E-state index contributed by atoms with van der Waals surface area (Å²) in [6.07, 6.45) is 3.71. The minimum absolute atomic E-state index is 0.157. The highest BCUT2D eigenvalue weighted by Gasteiger charge is 2.29. The second-order valence-electron chi connectivity index (χ2n) is 6.73. The van der Waals surface area contributed by atoms with E-state index in [4.69, 9.17) is 0 Å². The fourth-order valence-electron chi connectivity index (χ4n) is 3.36. The first-order valence-electron chi connectivity index (χ1n) is 8.54. The van der Waals surface area contributed by atoms with Gasteiger partial charge in [-0.25, -0.2) is 9.37 Å².